The minimum atomic E-state index is -2.27. The van der Waals surface area contributed by atoms with Crippen LogP contribution in [0, 0.1) is 0 Å². The molecule has 0 amide bonds. The van der Waals surface area contributed by atoms with Crippen molar-refractivity contribution in [3.8, 4) is 0 Å². The summed E-state index contributed by atoms with van der Waals surface area (Å²) in [6.45, 7) is 0.913. The molecule has 0 fully saturated rings. The molecule has 164 valence electrons. The molecule has 1 aliphatic rings. The Morgan fingerprint density at radius 2 is 1.58 bits per heavy atom. The third-order valence-corrected chi connectivity index (χ3v) is 6.14. The zero-order chi connectivity index (χ0) is 22.5. The zero-order valence-electron chi connectivity index (χ0n) is 16.6. The summed E-state index contributed by atoms with van der Waals surface area (Å²) in [4.78, 5) is 19.5. The molecule has 0 bridgehead atoms. The Hall–Kier alpha value is -2.85. The average molecular weight is 445 g/mol. The van der Waals surface area contributed by atoms with Gasteiger partial charge in [-0.25, -0.2) is 9.59 Å². The van der Waals surface area contributed by atoms with Crippen LogP contribution < -0.4 is 5.73 Å². The fraction of sp³-hybridized carbons (Fsp3) is 0.273. The van der Waals surface area contributed by atoms with Crippen LogP contribution >= 0.6 is 11.8 Å². The van der Waals surface area contributed by atoms with Gasteiger partial charge in [0, 0.05) is 34.8 Å². The molecule has 1 aromatic heterocycles. The topological polar surface area (TPSA) is 146 Å². The molecule has 3 atom stereocenters. The number of para-hydroxylation sites is 1. The van der Waals surface area contributed by atoms with Gasteiger partial charge < -0.3 is 30.7 Å². The number of aromatic nitrogens is 1. The maximum absolute atomic E-state index is 9.77. The summed E-state index contributed by atoms with van der Waals surface area (Å²) in [5, 5.41) is 35.2. The lowest BCUT2D eigenvalue weighted by molar-refractivity contribution is -0.165. The second-order valence-electron chi connectivity index (χ2n) is 7.12. The lowest BCUT2D eigenvalue weighted by Gasteiger charge is -2.20. The highest BCUT2D eigenvalue weighted by Crippen LogP contribution is 2.42. The molecule has 4 rings (SSSR count). The summed E-state index contributed by atoms with van der Waals surface area (Å²) in [6, 6.07) is 19.5. The maximum atomic E-state index is 9.77. The summed E-state index contributed by atoms with van der Waals surface area (Å²) in [6.07, 6.45) is -3.47. The SMILES string of the molecule is NC1CCSc2c1c1ccccc1n2Cc1ccccc1.O=C(O)[C@H](O)[C@@H](O)C(=O)O. The number of aliphatic hydroxyl groups excluding tert-OH is 2. The molecule has 2 heterocycles. The molecule has 1 aliphatic heterocycles. The van der Waals surface area contributed by atoms with Gasteiger partial charge in [-0.2, -0.15) is 0 Å². The predicted molar refractivity (Wildman–Crippen MR) is 117 cm³/mol. The van der Waals surface area contributed by atoms with E-state index < -0.39 is 24.1 Å². The number of hydrogen-bond acceptors (Lipinski definition) is 6. The number of hydrogen-bond donors (Lipinski definition) is 5. The van der Waals surface area contributed by atoms with Gasteiger partial charge in [0.1, 0.15) is 0 Å². The molecule has 0 saturated carbocycles. The Kier molecular flexibility index (Phi) is 7.34. The minimum absolute atomic E-state index is 0.170. The molecule has 3 aromatic rings. The average Bonchev–Trinajstić information content (AvgIpc) is 3.08. The van der Waals surface area contributed by atoms with E-state index in [2.05, 4.69) is 59.2 Å². The predicted octanol–water partition coefficient (Wildman–Crippen LogP) is 2.06. The molecular weight excluding hydrogens is 420 g/mol. The van der Waals surface area contributed by atoms with Crippen molar-refractivity contribution in [2.24, 2.45) is 5.73 Å². The molecule has 0 saturated heterocycles. The molecule has 31 heavy (non-hydrogen) atoms. The van der Waals surface area contributed by atoms with Crippen molar-refractivity contribution in [1.82, 2.24) is 4.57 Å². The molecule has 2 aromatic carbocycles. The van der Waals surface area contributed by atoms with E-state index >= 15 is 0 Å². The number of carboxylic acids is 2. The minimum Gasteiger partial charge on any atom is -0.479 e. The molecule has 0 aliphatic carbocycles. The second-order valence-corrected chi connectivity index (χ2v) is 8.20. The van der Waals surface area contributed by atoms with E-state index in [9.17, 15) is 9.59 Å². The molecule has 9 heteroatoms. The quantitative estimate of drug-likeness (QED) is 0.402. The van der Waals surface area contributed by atoms with Gasteiger partial charge in [0.25, 0.3) is 0 Å². The number of benzene rings is 2. The Labute approximate surface area is 182 Å². The first-order chi connectivity index (χ1) is 14.8. The number of rotatable bonds is 5. The van der Waals surface area contributed by atoms with Crippen molar-refractivity contribution < 1.29 is 30.0 Å². The molecule has 0 radical (unpaired) electrons. The Morgan fingerprint density at radius 3 is 2.19 bits per heavy atom. The summed E-state index contributed by atoms with van der Waals surface area (Å²) >= 11 is 1.95. The van der Waals surface area contributed by atoms with Crippen LogP contribution in [0.2, 0.25) is 0 Å². The summed E-state index contributed by atoms with van der Waals surface area (Å²) < 4.78 is 2.43. The standard InChI is InChI=1S/C18H18N2S.C4H6O6/c19-15-10-11-21-18-17(15)14-8-4-5-9-16(14)20(18)12-13-6-2-1-3-7-13;5-1(3(7)8)2(6)4(9)10/h1-9,15H,10-12,19H2;1-2,5-6H,(H,7,8)(H,9,10)/t;1-,2-/m.1/s1. The number of nitrogens with two attached hydrogens (primary N) is 1. The van der Waals surface area contributed by atoms with E-state index in [0.29, 0.717) is 0 Å². The molecule has 8 nitrogen and oxygen atoms in total. The highest BCUT2D eigenvalue weighted by molar-refractivity contribution is 7.99. The van der Waals surface area contributed by atoms with Crippen LogP contribution in [-0.4, -0.2) is 54.9 Å². The largest absolute Gasteiger partial charge is 0.479 e. The fourth-order valence-electron chi connectivity index (χ4n) is 3.44. The van der Waals surface area contributed by atoms with Crippen LogP contribution in [0.4, 0.5) is 0 Å². The van der Waals surface area contributed by atoms with Crippen molar-refractivity contribution in [3.63, 3.8) is 0 Å². The Morgan fingerprint density at radius 1 is 1.00 bits per heavy atom. The maximum Gasteiger partial charge on any atom is 0.335 e. The number of aliphatic carboxylic acids is 2. The molecule has 1 unspecified atom stereocenters. The van der Waals surface area contributed by atoms with Gasteiger partial charge in [0.2, 0.25) is 0 Å². The van der Waals surface area contributed by atoms with Gasteiger partial charge in [-0.3, -0.25) is 0 Å². The summed E-state index contributed by atoms with van der Waals surface area (Å²) in [7, 11) is 0. The van der Waals surface area contributed by atoms with Gasteiger partial charge >= 0.3 is 11.9 Å². The third kappa shape index (κ3) is 5.08. The van der Waals surface area contributed by atoms with Gasteiger partial charge in [0.15, 0.2) is 12.2 Å². The van der Waals surface area contributed by atoms with Gasteiger partial charge in [-0.05, 0) is 18.1 Å². The number of thioether (sulfide) groups is 1. The lowest BCUT2D eigenvalue weighted by Crippen LogP contribution is -2.39. The lowest BCUT2D eigenvalue weighted by atomic mass is 10.0. The Balaban J connectivity index is 0.000000233. The fourth-order valence-corrected chi connectivity index (χ4v) is 4.74. The number of nitrogens with zero attached hydrogens (tertiary/aromatic N) is 1. The van der Waals surface area contributed by atoms with Crippen molar-refractivity contribution in [3.05, 3.63) is 65.7 Å². The van der Waals surface area contributed by atoms with Crippen LogP contribution in [-0.2, 0) is 16.1 Å². The van der Waals surface area contributed by atoms with Crippen LogP contribution in [0.15, 0.2) is 59.6 Å². The van der Waals surface area contributed by atoms with Crippen LogP contribution in [0.25, 0.3) is 10.9 Å². The third-order valence-electron chi connectivity index (χ3n) is 4.99. The highest BCUT2D eigenvalue weighted by Gasteiger charge is 2.29. The Bertz CT molecular complexity index is 1050. The van der Waals surface area contributed by atoms with Crippen molar-refractivity contribution in [1.29, 1.82) is 0 Å². The van der Waals surface area contributed by atoms with Crippen LogP contribution in [0.5, 0.6) is 0 Å². The van der Waals surface area contributed by atoms with Crippen LogP contribution in [0.1, 0.15) is 23.6 Å². The number of carbonyl (C=O) groups is 2. The number of carboxylic acid groups (broad SMARTS) is 2. The van der Waals surface area contributed by atoms with Crippen molar-refractivity contribution in [2.75, 3.05) is 5.75 Å². The van der Waals surface area contributed by atoms with Crippen molar-refractivity contribution >= 4 is 34.6 Å². The molecular formula is C22H24N2O6S. The monoisotopic (exact) mass is 444 g/mol. The van der Waals surface area contributed by atoms with E-state index in [1.54, 1.807) is 0 Å². The second kappa shape index (κ2) is 9.97. The van der Waals surface area contributed by atoms with E-state index in [1.807, 2.05) is 11.8 Å². The van der Waals surface area contributed by atoms with Crippen LogP contribution in [0.3, 0.4) is 0 Å². The van der Waals surface area contributed by atoms with E-state index in [0.717, 1.165) is 18.7 Å². The zero-order valence-corrected chi connectivity index (χ0v) is 17.4. The smallest absolute Gasteiger partial charge is 0.335 e. The van der Waals surface area contributed by atoms with E-state index in [4.69, 9.17) is 26.2 Å². The number of fused-ring (bicyclic) bond motifs is 3. The molecule has 0 spiro atoms. The summed E-state index contributed by atoms with van der Waals surface area (Å²) in [5.41, 5.74) is 10.4. The van der Waals surface area contributed by atoms with E-state index in [1.165, 1.54) is 27.1 Å². The first-order valence-corrected chi connectivity index (χ1v) is 10.6. The summed E-state index contributed by atoms with van der Waals surface area (Å²) in [5.74, 6) is -2.43. The first-order valence-electron chi connectivity index (χ1n) is 9.66. The van der Waals surface area contributed by atoms with Gasteiger partial charge in [-0.1, -0.05) is 48.5 Å². The number of aliphatic hydroxyl groups is 2. The first kappa shape index (κ1) is 22.8. The van der Waals surface area contributed by atoms with Gasteiger partial charge in [-0.15, -0.1) is 11.8 Å². The van der Waals surface area contributed by atoms with Gasteiger partial charge in [0.05, 0.1) is 5.03 Å². The normalized spacial score (nSPS) is 17.2. The van der Waals surface area contributed by atoms with E-state index in [-0.39, 0.29) is 6.04 Å². The van der Waals surface area contributed by atoms with Crippen molar-refractivity contribution in [2.45, 2.75) is 36.2 Å². The molecule has 6 N–H and O–H groups in total. The highest BCUT2D eigenvalue weighted by atomic mass is 32.2.